The third-order valence-electron chi connectivity index (χ3n) is 3.73. The molecule has 9 heteroatoms. The van der Waals surface area contributed by atoms with Crippen molar-refractivity contribution >= 4 is 43.8 Å². The van der Waals surface area contributed by atoms with E-state index in [0.717, 1.165) is 25.7 Å². The first kappa shape index (κ1) is 15.7. The van der Waals surface area contributed by atoms with Crippen molar-refractivity contribution in [3.63, 3.8) is 0 Å². The van der Waals surface area contributed by atoms with Gasteiger partial charge in [-0.2, -0.15) is 14.7 Å². The molecule has 0 spiro atoms. The molecule has 4 rings (SSSR count). The quantitative estimate of drug-likeness (QED) is 0.490. The summed E-state index contributed by atoms with van der Waals surface area (Å²) >= 11 is 11.3. The van der Waals surface area contributed by atoms with Crippen LogP contribution in [0.1, 0.15) is 23.7 Å². The largest absolute Gasteiger partial charge is 0.262 e. The summed E-state index contributed by atoms with van der Waals surface area (Å²) in [7, 11) is 0. The molecular weight excluding hydrogens is 412 g/mol. The van der Waals surface area contributed by atoms with Gasteiger partial charge in [-0.05, 0) is 41.9 Å². The zero-order chi connectivity index (χ0) is 16.8. The lowest BCUT2D eigenvalue weighted by atomic mass is 10.2. The van der Waals surface area contributed by atoms with Crippen LogP contribution in [0.2, 0.25) is 5.02 Å². The van der Waals surface area contributed by atoms with Crippen molar-refractivity contribution in [2.75, 3.05) is 0 Å². The molecule has 1 atom stereocenters. The van der Waals surface area contributed by atoms with Gasteiger partial charge in [0.2, 0.25) is 4.96 Å². The minimum Gasteiger partial charge on any atom is -0.262 e. The zero-order valence-electron chi connectivity index (χ0n) is 12.8. The molecule has 0 amide bonds. The average Bonchev–Trinajstić information content (AvgIpc) is 3.22. The molecule has 0 aliphatic carbocycles. The van der Waals surface area contributed by atoms with E-state index in [2.05, 4.69) is 43.2 Å². The van der Waals surface area contributed by atoms with Gasteiger partial charge in [0, 0.05) is 11.8 Å². The maximum atomic E-state index is 6.28. The molecule has 0 saturated heterocycles. The van der Waals surface area contributed by atoms with Gasteiger partial charge in [-0.3, -0.25) is 4.68 Å². The van der Waals surface area contributed by atoms with Crippen molar-refractivity contribution in [3.05, 3.63) is 50.7 Å². The van der Waals surface area contributed by atoms with E-state index in [4.69, 9.17) is 11.6 Å². The summed E-state index contributed by atoms with van der Waals surface area (Å²) in [6.07, 6.45) is 1.96. The monoisotopic (exact) mass is 422 g/mol. The van der Waals surface area contributed by atoms with Crippen LogP contribution in [-0.4, -0.2) is 29.6 Å². The summed E-state index contributed by atoms with van der Waals surface area (Å²) in [5, 5.41) is 19.2. The van der Waals surface area contributed by atoms with E-state index in [9.17, 15) is 0 Å². The van der Waals surface area contributed by atoms with Gasteiger partial charge in [0.25, 0.3) is 0 Å². The minimum atomic E-state index is 0.000736. The van der Waals surface area contributed by atoms with Crippen molar-refractivity contribution in [2.24, 2.45) is 0 Å². The maximum Gasteiger partial charge on any atom is 0.235 e. The topological polar surface area (TPSA) is 60.9 Å². The third-order valence-corrected chi connectivity index (χ3v) is 5.91. The molecule has 0 N–H and O–H groups in total. The number of aryl methyl sites for hydroxylation is 1. The normalized spacial score (nSPS) is 12.8. The Morgan fingerprint density at radius 3 is 2.71 bits per heavy atom. The highest BCUT2D eigenvalue weighted by atomic mass is 79.9. The molecule has 0 saturated carbocycles. The molecule has 24 heavy (non-hydrogen) atoms. The summed E-state index contributed by atoms with van der Waals surface area (Å²) in [4.78, 5) is 0.731. The van der Waals surface area contributed by atoms with Gasteiger partial charge in [0.15, 0.2) is 5.82 Å². The van der Waals surface area contributed by atoms with Gasteiger partial charge in [0.1, 0.15) is 11.0 Å². The Morgan fingerprint density at radius 2 is 2.00 bits per heavy atom. The van der Waals surface area contributed by atoms with Gasteiger partial charge in [-0.25, -0.2) is 0 Å². The first-order valence-corrected chi connectivity index (χ1v) is 9.21. The fourth-order valence-electron chi connectivity index (χ4n) is 2.38. The number of fused-ring (bicyclic) bond motifs is 1. The summed E-state index contributed by atoms with van der Waals surface area (Å²) in [6, 6.07) is 7.55. The molecular formula is C15H12BrClN6S. The van der Waals surface area contributed by atoms with Crippen LogP contribution in [-0.2, 0) is 0 Å². The van der Waals surface area contributed by atoms with E-state index >= 15 is 0 Å². The Balaban J connectivity index is 1.78. The van der Waals surface area contributed by atoms with Gasteiger partial charge in [-0.15, -0.1) is 10.2 Å². The number of rotatable bonds is 3. The van der Waals surface area contributed by atoms with Crippen molar-refractivity contribution in [3.8, 4) is 11.4 Å². The summed E-state index contributed by atoms with van der Waals surface area (Å²) in [5.41, 5.74) is 1.76. The van der Waals surface area contributed by atoms with Crippen LogP contribution in [0.25, 0.3) is 16.3 Å². The molecule has 122 valence electrons. The van der Waals surface area contributed by atoms with Gasteiger partial charge < -0.3 is 0 Å². The molecule has 1 unspecified atom stereocenters. The van der Waals surface area contributed by atoms with E-state index in [1.165, 1.54) is 11.3 Å². The number of nitrogens with zero attached hydrogens (tertiary/aromatic N) is 6. The number of halogens is 2. The number of aromatic nitrogens is 6. The van der Waals surface area contributed by atoms with Crippen LogP contribution < -0.4 is 0 Å². The first-order valence-electron chi connectivity index (χ1n) is 7.23. The van der Waals surface area contributed by atoms with Crippen molar-refractivity contribution in [2.45, 2.75) is 19.9 Å². The summed E-state index contributed by atoms with van der Waals surface area (Å²) < 4.78 is 4.61. The molecule has 0 fully saturated rings. The highest BCUT2D eigenvalue weighted by Gasteiger charge is 2.20. The van der Waals surface area contributed by atoms with Gasteiger partial charge >= 0.3 is 0 Å². The Kier molecular flexibility index (Phi) is 3.90. The SMILES string of the molecule is Cc1nn(C(C)c2nn3c(-c4ccccc4Cl)nnc3s2)cc1Br. The Labute approximate surface area is 155 Å². The molecule has 3 heterocycles. The zero-order valence-corrected chi connectivity index (χ0v) is 16.0. The molecule has 6 nitrogen and oxygen atoms in total. The smallest absolute Gasteiger partial charge is 0.235 e. The predicted octanol–water partition coefficient (Wildman–Crippen LogP) is 4.38. The molecule has 4 aromatic rings. The maximum absolute atomic E-state index is 6.28. The minimum absolute atomic E-state index is 0.000736. The standard InChI is InChI=1S/C15H12BrClN6S/c1-8-11(16)7-22(20-8)9(2)14-21-23-13(18-19-15(23)24-14)10-5-3-4-6-12(10)17/h3-7,9H,1-2H3. The molecule has 0 aliphatic heterocycles. The van der Waals surface area contributed by atoms with Crippen LogP contribution >= 0.6 is 38.9 Å². The van der Waals surface area contributed by atoms with Crippen LogP contribution in [0.4, 0.5) is 0 Å². The predicted molar refractivity (Wildman–Crippen MR) is 97.6 cm³/mol. The van der Waals surface area contributed by atoms with Gasteiger partial charge in [0.05, 0.1) is 15.2 Å². The third kappa shape index (κ3) is 2.54. The van der Waals surface area contributed by atoms with E-state index in [0.29, 0.717) is 10.8 Å². The summed E-state index contributed by atoms with van der Waals surface area (Å²) in [5.74, 6) is 0.642. The van der Waals surface area contributed by atoms with E-state index in [1.807, 2.05) is 42.1 Å². The number of hydrogen-bond donors (Lipinski definition) is 0. The second-order valence-electron chi connectivity index (χ2n) is 5.36. The highest BCUT2D eigenvalue weighted by molar-refractivity contribution is 9.10. The fourth-order valence-corrected chi connectivity index (χ4v) is 3.77. The number of benzene rings is 1. The molecule has 3 aromatic heterocycles. The molecule has 0 bridgehead atoms. The molecule has 0 aliphatic rings. The average molecular weight is 424 g/mol. The van der Waals surface area contributed by atoms with Crippen LogP contribution in [0.5, 0.6) is 0 Å². The van der Waals surface area contributed by atoms with Crippen molar-refractivity contribution < 1.29 is 0 Å². The lowest BCUT2D eigenvalue weighted by Crippen LogP contribution is -2.08. The van der Waals surface area contributed by atoms with E-state index < -0.39 is 0 Å². The Bertz CT molecular complexity index is 1020. The van der Waals surface area contributed by atoms with E-state index in [-0.39, 0.29) is 6.04 Å². The first-order chi connectivity index (χ1) is 11.5. The Morgan fingerprint density at radius 1 is 1.21 bits per heavy atom. The fraction of sp³-hybridized carbons (Fsp3) is 0.200. The van der Waals surface area contributed by atoms with Crippen molar-refractivity contribution in [1.29, 1.82) is 0 Å². The second kappa shape index (κ2) is 5.94. The molecule has 0 radical (unpaired) electrons. The van der Waals surface area contributed by atoms with Gasteiger partial charge in [-0.1, -0.05) is 35.1 Å². The van der Waals surface area contributed by atoms with Crippen molar-refractivity contribution in [1.82, 2.24) is 29.6 Å². The lowest BCUT2D eigenvalue weighted by molar-refractivity contribution is 0.551. The Hall–Kier alpha value is -1.77. The van der Waals surface area contributed by atoms with Crippen LogP contribution in [0.3, 0.4) is 0 Å². The van der Waals surface area contributed by atoms with Crippen LogP contribution in [0, 0.1) is 6.92 Å². The number of hydrogen-bond acceptors (Lipinski definition) is 5. The van der Waals surface area contributed by atoms with Crippen LogP contribution in [0.15, 0.2) is 34.9 Å². The lowest BCUT2D eigenvalue weighted by Gasteiger charge is -2.07. The second-order valence-corrected chi connectivity index (χ2v) is 7.61. The molecule has 1 aromatic carbocycles. The van der Waals surface area contributed by atoms with E-state index in [1.54, 1.807) is 4.52 Å². The summed E-state index contributed by atoms with van der Waals surface area (Å²) in [6.45, 7) is 4.02. The highest BCUT2D eigenvalue weighted by Crippen LogP contribution is 2.30.